The zero-order valence-electron chi connectivity index (χ0n) is 14.8. The van der Waals surface area contributed by atoms with Crippen molar-refractivity contribution in [1.29, 1.82) is 0 Å². The number of nitrogens with zero attached hydrogens (tertiary/aromatic N) is 1. The highest BCUT2D eigenvalue weighted by Gasteiger charge is 2.53. The summed E-state index contributed by atoms with van der Waals surface area (Å²) < 4.78 is 32.7. The normalized spacial score (nSPS) is 30.5. The lowest BCUT2D eigenvalue weighted by atomic mass is 9.75. The smallest absolute Gasteiger partial charge is 0.218 e. The molecule has 3 rings (SSSR count). The van der Waals surface area contributed by atoms with Gasteiger partial charge >= 0.3 is 0 Å². The first-order chi connectivity index (χ1) is 11.6. The van der Waals surface area contributed by atoms with Crippen LogP contribution in [0.4, 0.5) is 0 Å². The van der Waals surface area contributed by atoms with Gasteiger partial charge in [0.1, 0.15) is 6.10 Å². The van der Waals surface area contributed by atoms with E-state index in [0.717, 1.165) is 11.1 Å². The van der Waals surface area contributed by atoms with Crippen molar-refractivity contribution in [2.24, 2.45) is 0 Å². The van der Waals surface area contributed by atoms with Crippen molar-refractivity contribution in [2.45, 2.75) is 56.2 Å². The first kappa shape index (κ1) is 18.8. The van der Waals surface area contributed by atoms with Crippen LogP contribution in [0, 0.1) is 6.92 Å². The number of piperidine rings is 1. The van der Waals surface area contributed by atoms with Gasteiger partial charge in [-0.3, -0.25) is 0 Å². The van der Waals surface area contributed by atoms with Crippen molar-refractivity contribution < 1.29 is 23.4 Å². The SMILES string of the molecule is Cc1cccc(CS(=O)(=O)N2CCC3(CC2)OCC[C@@](C)(O)[C@@H]3O)c1. The highest BCUT2D eigenvalue weighted by atomic mass is 32.2. The number of aliphatic hydroxyl groups excluding tert-OH is 1. The van der Waals surface area contributed by atoms with Gasteiger partial charge in [-0.25, -0.2) is 12.7 Å². The molecule has 0 radical (unpaired) electrons. The van der Waals surface area contributed by atoms with E-state index < -0.39 is 27.3 Å². The van der Waals surface area contributed by atoms with Crippen LogP contribution in [-0.2, 0) is 20.5 Å². The third-order valence-corrected chi connectivity index (χ3v) is 7.33. The van der Waals surface area contributed by atoms with Gasteiger partial charge in [-0.15, -0.1) is 0 Å². The van der Waals surface area contributed by atoms with Crippen LogP contribution in [0.5, 0.6) is 0 Å². The van der Waals surface area contributed by atoms with Gasteiger partial charge in [0.2, 0.25) is 10.0 Å². The number of aliphatic hydroxyl groups is 2. The average molecular weight is 369 g/mol. The summed E-state index contributed by atoms with van der Waals surface area (Å²) in [6.45, 7) is 4.51. The number of sulfonamides is 1. The van der Waals surface area contributed by atoms with Crippen LogP contribution in [0.25, 0.3) is 0 Å². The zero-order valence-corrected chi connectivity index (χ0v) is 15.6. The summed E-state index contributed by atoms with van der Waals surface area (Å²) in [7, 11) is -3.42. The molecule has 7 heteroatoms. The molecule has 1 aromatic rings. The van der Waals surface area contributed by atoms with E-state index in [1.807, 2.05) is 31.2 Å². The van der Waals surface area contributed by atoms with Gasteiger partial charge in [0.15, 0.2) is 0 Å². The van der Waals surface area contributed by atoms with Crippen molar-refractivity contribution >= 4 is 10.0 Å². The Labute approximate surface area is 149 Å². The maximum Gasteiger partial charge on any atom is 0.218 e. The second-order valence-corrected chi connectivity index (χ2v) is 9.54. The molecule has 1 aromatic carbocycles. The lowest BCUT2D eigenvalue weighted by Gasteiger charge is -2.51. The monoisotopic (exact) mass is 369 g/mol. The Bertz CT molecular complexity index is 723. The molecule has 2 N–H and O–H groups in total. The Morgan fingerprint density at radius 2 is 1.96 bits per heavy atom. The van der Waals surface area contributed by atoms with Crippen LogP contribution >= 0.6 is 0 Å². The van der Waals surface area contributed by atoms with E-state index in [-0.39, 0.29) is 5.75 Å². The van der Waals surface area contributed by atoms with Crippen LogP contribution in [0.3, 0.4) is 0 Å². The van der Waals surface area contributed by atoms with Gasteiger partial charge < -0.3 is 14.9 Å². The van der Waals surface area contributed by atoms with E-state index in [9.17, 15) is 18.6 Å². The second-order valence-electron chi connectivity index (χ2n) is 7.57. The van der Waals surface area contributed by atoms with E-state index in [4.69, 9.17) is 4.74 Å². The second kappa shape index (κ2) is 6.63. The first-order valence-corrected chi connectivity index (χ1v) is 10.3. The maximum absolute atomic E-state index is 12.7. The molecule has 2 saturated heterocycles. The van der Waals surface area contributed by atoms with Crippen molar-refractivity contribution in [1.82, 2.24) is 4.31 Å². The van der Waals surface area contributed by atoms with Gasteiger partial charge in [0.05, 0.1) is 23.6 Å². The Morgan fingerprint density at radius 1 is 1.28 bits per heavy atom. The molecule has 2 aliphatic rings. The number of hydrogen-bond donors (Lipinski definition) is 2. The summed E-state index contributed by atoms with van der Waals surface area (Å²) in [5.74, 6) is -0.0250. The molecule has 0 amide bonds. The fraction of sp³-hybridized carbons (Fsp3) is 0.667. The number of hydrogen-bond acceptors (Lipinski definition) is 5. The van der Waals surface area contributed by atoms with Gasteiger partial charge in [-0.05, 0) is 32.3 Å². The maximum atomic E-state index is 12.7. The lowest BCUT2D eigenvalue weighted by molar-refractivity contribution is -0.243. The van der Waals surface area contributed by atoms with Crippen molar-refractivity contribution in [2.75, 3.05) is 19.7 Å². The number of rotatable bonds is 3. The van der Waals surface area contributed by atoms with E-state index in [1.54, 1.807) is 6.92 Å². The van der Waals surface area contributed by atoms with Gasteiger partial charge in [-0.2, -0.15) is 0 Å². The minimum Gasteiger partial charge on any atom is -0.387 e. The third kappa shape index (κ3) is 3.75. The molecule has 6 nitrogen and oxygen atoms in total. The molecule has 1 spiro atoms. The molecule has 0 unspecified atom stereocenters. The molecule has 2 fully saturated rings. The van der Waals surface area contributed by atoms with Crippen molar-refractivity contribution in [3.8, 4) is 0 Å². The minimum absolute atomic E-state index is 0.0250. The Kier molecular flexibility index (Phi) is 4.98. The molecule has 0 bridgehead atoms. The van der Waals surface area contributed by atoms with Gasteiger partial charge in [0, 0.05) is 19.5 Å². The average Bonchev–Trinajstić information content (AvgIpc) is 2.53. The minimum atomic E-state index is -3.42. The lowest BCUT2D eigenvalue weighted by Crippen LogP contribution is -2.64. The van der Waals surface area contributed by atoms with Crippen molar-refractivity contribution in [3.05, 3.63) is 35.4 Å². The summed E-state index contributed by atoms with van der Waals surface area (Å²) in [5, 5.41) is 20.9. The molecule has 0 saturated carbocycles. The van der Waals surface area contributed by atoms with E-state index >= 15 is 0 Å². The van der Waals surface area contributed by atoms with Gasteiger partial charge in [0.25, 0.3) is 0 Å². The van der Waals surface area contributed by atoms with Crippen LogP contribution in [-0.4, -0.2) is 59.9 Å². The molecule has 2 aliphatic heterocycles. The third-order valence-electron chi connectivity index (χ3n) is 5.48. The fourth-order valence-electron chi connectivity index (χ4n) is 3.91. The molecular formula is C18H27NO5S. The highest BCUT2D eigenvalue weighted by molar-refractivity contribution is 7.88. The van der Waals surface area contributed by atoms with E-state index in [1.165, 1.54) is 4.31 Å². The standard InChI is InChI=1S/C18H27NO5S/c1-14-4-3-5-15(12-14)13-25(22,23)19-9-6-18(7-10-19)16(20)17(2,21)8-11-24-18/h3-5,12,16,20-21H,6-11,13H2,1-2H3/t16-,17+/m0/s1. The number of benzene rings is 1. The van der Waals surface area contributed by atoms with E-state index in [2.05, 4.69) is 0 Å². The summed E-state index contributed by atoms with van der Waals surface area (Å²) in [4.78, 5) is 0. The van der Waals surface area contributed by atoms with Crippen LogP contribution < -0.4 is 0 Å². The van der Waals surface area contributed by atoms with Crippen LogP contribution in [0.1, 0.15) is 37.3 Å². The Morgan fingerprint density at radius 3 is 2.60 bits per heavy atom. The van der Waals surface area contributed by atoms with Crippen molar-refractivity contribution in [3.63, 3.8) is 0 Å². The molecule has 0 aliphatic carbocycles. The highest BCUT2D eigenvalue weighted by Crippen LogP contribution is 2.40. The molecule has 2 heterocycles. The summed E-state index contributed by atoms with van der Waals surface area (Å²) in [6.07, 6.45) is 0.149. The Balaban J connectivity index is 1.69. The summed E-state index contributed by atoms with van der Waals surface area (Å²) in [5.41, 5.74) is -0.235. The molecule has 2 atom stereocenters. The summed E-state index contributed by atoms with van der Waals surface area (Å²) in [6, 6.07) is 7.50. The zero-order chi connectivity index (χ0) is 18.3. The quantitative estimate of drug-likeness (QED) is 0.836. The largest absolute Gasteiger partial charge is 0.387 e. The number of ether oxygens (including phenoxy) is 1. The molecular weight excluding hydrogens is 342 g/mol. The number of aryl methyl sites for hydroxylation is 1. The topological polar surface area (TPSA) is 87.1 Å². The fourth-order valence-corrected chi connectivity index (χ4v) is 5.43. The molecule has 140 valence electrons. The molecule has 25 heavy (non-hydrogen) atoms. The molecule has 0 aromatic heterocycles. The predicted octanol–water partition coefficient (Wildman–Crippen LogP) is 1.19. The van der Waals surface area contributed by atoms with E-state index in [0.29, 0.717) is 39.0 Å². The van der Waals surface area contributed by atoms with Gasteiger partial charge in [-0.1, -0.05) is 29.8 Å². The summed E-state index contributed by atoms with van der Waals surface area (Å²) >= 11 is 0. The van der Waals surface area contributed by atoms with Crippen LogP contribution in [0.15, 0.2) is 24.3 Å². The van der Waals surface area contributed by atoms with Crippen LogP contribution in [0.2, 0.25) is 0 Å². The predicted molar refractivity (Wildman–Crippen MR) is 94.5 cm³/mol. The Hall–Kier alpha value is -0.990. The first-order valence-electron chi connectivity index (χ1n) is 8.72.